The summed E-state index contributed by atoms with van der Waals surface area (Å²) in [6.07, 6.45) is 0.165. The smallest absolute Gasteiger partial charge is 0.408 e. The van der Waals surface area contributed by atoms with Gasteiger partial charge in [-0.3, -0.25) is 14.2 Å². The molecule has 31 heavy (non-hydrogen) atoms. The molecular formula is C24H27N3O4. The number of carbonyl (C=O) groups excluding carboxylic acids is 2. The largest absolute Gasteiger partial charge is 0.420 e. The molecule has 7 nitrogen and oxygen atoms in total. The van der Waals surface area contributed by atoms with Crippen molar-refractivity contribution in [1.29, 1.82) is 0 Å². The highest BCUT2D eigenvalue weighted by atomic mass is 16.4. The summed E-state index contributed by atoms with van der Waals surface area (Å²) in [4.78, 5) is 39.1. The predicted molar refractivity (Wildman–Crippen MR) is 120 cm³/mol. The Morgan fingerprint density at radius 3 is 2.42 bits per heavy atom. The van der Waals surface area contributed by atoms with Crippen LogP contribution in [0.3, 0.4) is 0 Å². The monoisotopic (exact) mass is 421 g/mol. The maximum Gasteiger partial charge on any atom is 0.420 e. The van der Waals surface area contributed by atoms with Crippen LogP contribution in [-0.4, -0.2) is 22.9 Å². The molecule has 1 unspecified atom stereocenters. The van der Waals surface area contributed by atoms with Crippen LogP contribution in [0.2, 0.25) is 0 Å². The quantitative estimate of drug-likeness (QED) is 0.666. The van der Waals surface area contributed by atoms with Crippen molar-refractivity contribution in [3.05, 3.63) is 58.6 Å². The molecule has 7 heteroatoms. The standard InChI is InChI=1S/C24H27N3O4/c1-14(2)16-5-8-19(9-6-16)26-13-17(11-22(26)28)23(29)25-18-7-10-20-21(12-18)31-24(30)27(20)15(3)4/h5-10,12,14-15,17H,11,13H2,1-4H3,(H,25,29). The van der Waals surface area contributed by atoms with Crippen LogP contribution in [0.15, 0.2) is 51.7 Å². The first kappa shape index (κ1) is 20.9. The second-order valence-corrected chi connectivity index (χ2v) is 8.66. The Hall–Kier alpha value is -3.35. The minimum absolute atomic E-state index is 0.0284. The van der Waals surface area contributed by atoms with Gasteiger partial charge in [0.25, 0.3) is 0 Å². The van der Waals surface area contributed by atoms with Crippen LogP contribution in [-0.2, 0) is 9.59 Å². The van der Waals surface area contributed by atoms with Crippen LogP contribution in [0.4, 0.5) is 11.4 Å². The van der Waals surface area contributed by atoms with Crippen molar-refractivity contribution >= 4 is 34.3 Å². The molecule has 0 bridgehead atoms. The fraction of sp³-hybridized carbons (Fsp3) is 0.375. The molecule has 162 valence electrons. The first-order chi connectivity index (χ1) is 14.7. The van der Waals surface area contributed by atoms with E-state index in [4.69, 9.17) is 4.42 Å². The highest BCUT2D eigenvalue weighted by Gasteiger charge is 2.35. The fourth-order valence-corrected chi connectivity index (χ4v) is 4.02. The molecule has 0 radical (unpaired) electrons. The van der Waals surface area contributed by atoms with Gasteiger partial charge in [-0.1, -0.05) is 26.0 Å². The van der Waals surface area contributed by atoms with E-state index in [1.54, 1.807) is 27.7 Å². The van der Waals surface area contributed by atoms with Gasteiger partial charge in [0.15, 0.2) is 5.58 Å². The molecule has 2 aromatic carbocycles. The maximum absolute atomic E-state index is 12.8. The number of aromatic nitrogens is 1. The summed E-state index contributed by atoms with van der Waals surface area (Å²) < 4.78 is 6.89. The molecule has 4 rings (SSSR count). The summed E-state index contributed by atoms with van der Waals surface area (Å²) in [6.45, 7) is 8.40. The third-order valence-corrected chi connectivity index (χ3v) is 5.76. The molecule has 1 fully saturated rings. The van der Waals surface area contributed by atoms with Crippen LogP contribution >= 0.6 is 0 Å². The highest BCUT2D eigenvalue weighted by molar-refractivity contribution is 6.03. The van der Waals surface area contributed by atoms with E-state index in [9.17, 15) is 14.4 Å². The Morgan fingerprint density at radius 1 is 1.06 bits per heavy atom. The van der Waals surface area contributed by atoms with Gasteiger partial charge in [-0.2, -0.15) is 0 Å². The maximum atomic E-state index is 12.8. The molecule has 1 aliphatic heterocycles. The van der Waals surface area contributed by atoms with Crippen molar-refractivity contribution in [2.75, 3.05) is 16.8 Å². The average molecular weight is 421 g/mol. The molecule has 0 spiro atoms. The summed E-state index contributed by atoms with van der Waals surface area (Å²) in [6, 6.07) is 13.0. The zero-order valence-electron chi connectivity index (χ0n) is 18.2. The average Bonchev–Trinajstić information content (AvgIpc) is 3.26. The van der Waals surface area contributed by atoms with Gasteiger partial charge in [0, 0.05) is 36.4 Å². The molecule has 1 N–H and O–H groups in total. The van der Waals surface area contributed by atoms with Gasteiger partial charge in [-0.15, -0.1) is 0 Å². The topological polar surface area (TPSA) is 84.6 Å². The molecular weight excluding hydrogens is 394 g/mol. The number of nitrogens with zero attached hydrogens (tertiary/aromatic N) is 2. The zero-order valence-corrected chi connectivity index (χ0v) is 18.2. The Bertz CT molecular complexity index is 1190. The molecule has 3 aromatic rings. The van der Waals surface area contributed by atoms with Crippen LogP contribution in [0, 0.1) is 5.92 Å². The number of hydrogen-bond acceptors (Lipinski definition) is 4. The fourth-order valence-electron chi connectivity index (χ4n) is 4.02. The van der Waals surface area contributed by atoms with Gasteiger partial charge in [0.05, 0.1) is 11.4 Å². The molecule has 1 aromatic heterocycles. The molecule has 0 aliphatic carbocycles. The number of fused-ring (bicyclic) bond motifs is 1. The second-order valence-electron chi connectivity index (χ2n) is 8.66. The molecule has 0 saturated carbocycles. The SMILES string of the molecule is CC(C)c1ccc(N2CC(C(=O)Nc3ccc4c(c3)oc(=O)n4C(C)C)CC2=O)cc1. The van der Waals surface area contributed by atoms with E-state index in [1.807, 2.05) is 38.1 Å². The Labute approximate surface area is 180 Å². The van der Waals surface area contributed by atoms with E-state index in [2.05, 4.69) is 19.2 Å². The Balaban J connectivity index is 1.48. The summed E-state index contributed by atoms with van der Waals surface area (Å²) >= 11 is 0. The van der Waals surface area contributed by atoms with Gasteiger partial charge >= 0.3 is 5.76 Å². The van der Waals surface area contributed by atoms with Crippen LogP contribution in [0.25, 0.3) is 11.1 Å². The number of anilines is 2. The predicted octanol–water partition coefficient (Wildman–Crippen LogP) is 4.29. The number of benzene rings is 2. The summed E-state index contributed by atoms with van der Waals surface area (Å²) in [5, 5.41) is 2.86. The minimum Gasteiger partial charge on any atom is -0.408 e. The van der Waals surface area contributed by atoms with Gasteiger partial charge in [0.1, 0.15) is 0 Å². The van der Waals surface area contributed by atoms with Crippen LogP contribution < -0.4 is 16.0 Å². The van der Waals surface area contributed by atoms with Crippen molar-refractivity contribution < 1.29 is 14.0 Å². The zero-order chi connectivity index (χ0) is 22.3. The summed E-state index contributed by atoms with van der Waals surface area (Å²) in [5.41, 5.74) is 3.66. The number of amides is 2. The van der Waals surface area contributed by atoms with Crippen molar-refractivity contribution in [3.63, 3.8) is 0 Å². The number of oxazole rings is 1. The molecule has 2 amide bonds. The number of nitrogens with one attached hydrogen (secondary N) is 1. The minimum atomic E-state index is -0.444. The van der Waals surface area contributed by atoms with E-state index in [-0.39, 0.29) is 24.3 Å². The lowest BCUT2D eigenvalue weighted by Gasteiger charge is -2.18. The molecule has 1 aliphatic rings. The van der Waals surface area contributed by atoms with Gasteiger partial charge < -0.3 is 14.6 Å². The Morgan fingerprint density at radius 2 is 1.77 bits per heavy atom. The summed E-state index contributed by atoms with van der Waals surface area (Å²) in [5.74, 6) is -0.733. The number of carbonyl (C=O) groups is 2. The third kappa shape index (κ3) is 4.00. The van der Waals surface area contributed by atoms with Crippen LogP contribution in [0.5, 0.6) is 0 Å². The molecule has 1 atom stereocenters. The lowest BCUT2D eigenvalue weighted by molar-refractivity contribution is -0.122. The van der Waals surface area contributed by atoms with Crippen molar-refractivity contribution in [2.45, 2.75) is 46.1 Å². The molecule has 1 saturated heterocycles. The van der Waals surface area contributed by atoms with Gasteiger partial charge in [-0.05, 0) is 49.6 Å². The van der Waals surface area contributed by atoms with Crippen molar-refractivity contribution in [3.8, 4) is 0 Å². The Kier molecular flexibility index (Phi) is 5.43. The first-order valence-electron chi connectivity index (χ1n) is 10.6. The van der Waals surface area contributed by atoms with Gasteiger partial charge in [0.2, 0.25) is 11.8 Å². The lowest BCUT2D eigenvalue weighted by atomic mass is 10.0. The molecule has 2 heterocycles. The van der Waals surface area contributed by atoms with E-state index in [0.29, 0.717) is 29.2 Å². The highest BCUT2D eigenvalue weighted by Crippen LogP contribution is 2.28. The summed E-state index contributed by atoms with van der Waals surface area (Å²) in [7, 11) is 0. The van der Waals surface area contributed by atoms with Crippen LogP contribution in [0.1, 0.15) is 51.6 Å². The van der Waals surface area contributed by atoms with Crippen molar-refractivity contribution in [1.82, 2.24) is 4.57 Å². The van der Waals surface area contributed by atoms with Crippen molar-refractivity contribution in [2.24, 2.45) is 5.92 Å². The van der Waals surface area contributed by atoms with E-state index in [0.717, 1.165) is 5.69 Å². The van der Waals surface area contributed by atoms with E-state index in [1.165, 1.54) is 5.56 Å². The first-order valence-corrected chi connectivity index (χ1v) is 10.6. The number of rotatable bonds is 5. The van der Waals surface area contributed by atoms with E-state index < -0.39 is 11.7 Å². The lowest BCUT2D eigenvalue weighted by Crippen LogP contribution is -2.28. The second kappa shape index (κ2) is 8.06. The van der Waals surface area contributed by atoms with Gasteiger partial charge in [-0.25, -0.2) is 4.79 Å². The third-order valence-electron chi connectivity index (χ3n) is 5.76. The normalized spacial score (nSPS) is 16.6. The van der Waals surface area contributed by atoms with E-state index >= 15 is 0 Å². The number of hydrogen-bond donors (Lipinski definition) is 1.